The van der Waals surface area contributed by atoms with Crippen molar-refractivity contribution in [3.05, 3.63) is 156 Å². The Morgan fingerprint density at radius 3 is 2.05 bits per heavy atom. The fourth-order valence-electron chi connectivity index (χ4n) is 7.40. The zero-order chi connectivity index (χ0) is 39.8. The molecule has 0 N–H and O–H groups in total. The molecule has 5 aromatic heterocycles. The van der Waals surface area contributed by atoms with E-state index in [-0.39, 0.29) is 31.8 Å². The van der Waals surface area contributed by atoms with E-state index in [1.807, 2.05) is 42.7 Å². The fourth-order valence-corrected chi connectivity index (χ4v) is 8.43. The largest absolute Gasteiger partial charge is 0.500 e. The van der Waals surface area contributed by atoms with Crippen LogP contribution < -0.4 is 5.19 Å². The molecule has 9 rings (SSSR count). The molecule has 5 heterocycles. The Hall–Kier alpha value is -5.27. The zero-order valence-corrected chi connectivity index (χ0v) is 37.3. The van der Waals surface area contributed by atoms with Crippen molar-refractivity contribution in [1.29, 1.82) is 0 Å². The summed E-state index contributed by atoms with van der Waals surface area (Å²) < 4.78 is 25.9. The Balaban J connectivity index is 0.000000182. The Morgan fingerprint density at radius 1 is 0.672 bits per heavy atom. The van der Waals surface area contributed by atoms with E-state index in [0.29, 0.717) is 17.1 Å². The maximum absolute atomic E-state index is 13.5. The number of halogens is 1. The molecule has 0 spiro atoms. The van der Waals surface area contributed by atoms with Gasteiger partial charge in [0.15, 0.2) is 0 Å². The van der Waals surface area contributed by atoms with Gasteiger partial charge in [0.05, 0.1) is 24.9 Å². The van der Waals surface area contributed by atoms with Crippen LogP contribution in [0.25, 0.3) is 66.4 Å². The van der Waals surface area contributed by atoms with E-state index in [1.165, 1.54) is 28.4 Å². The maximum Gasteiger partial charge on any atom is 0.142 e. The molecule has 0 fully saturated rings. The first-order valence-corrected chi connectivity index (χ1v) is 23.2. The Bertz CT molecular complexity index is 2860. The van der Waals surface area contributed by atoms with Crippen LogP contribution in [-0.4, -0.2) is 23.0 Å². The van der Waals surface area contributed by atoms with Crippen molar-refractivity contribution in [2.24, 2.45) is 5.92 Å². The zero-order valence-electron chi connectivity index (χ0n) is 33.9. The van der Waals surface area contributed by atoms with Crippen LogP contribution in [0.2, 0.25) is 19.6 Å². The summed E-state index contributed by atoms with van der Waals surface area (Å²) in [4.78, 5) is 14.3. The fraction of sp³-hybridized carbons (Fsp3) is 0.220. The molecule has 1 radical (unpaired) electrons. The first-order chi connectivity index (χ1) is 27.4. The van der Waals surface area contributed by atoms with Crippen molar-refractivity contribution in [1.82, 2.24) is 15.0 Å². The van der Waals surface area contributed by atoms with E-state index in [1.54, 1.807) is 6.07 Å². The molecular formula is C50H46FIrN3O2Si-2. The third-order valence-corrected chi connectivity index (χ3v) is 12.3. The van der Waals surface area contributed by atoms with Gasteiger partial charge < -0.3 is 18.8 Å². The van der Waals surface area contributed by atoms with Gasteiger partial charge in [0.25, 0.3) is 0 Å². The van der Waals surface area contributed by atoms with E-state index in [2.05, 4.69) is 124 Å². The minimum Gasteiger partial charge on any atom is -0.500 e. The van der Waals surface area contributed by atoms with Gasteiger partial charge in [-0.15, -0.1) is 36.4 Å². The summed E-state index contributed by atoms with van der Waals surface area (Å²) in [5, 5.41) is 5.37. The molecule has 0 aliphatic rings. The summed E-state index contributed by atoms with van der Waals surface area (Å²) in [6.07, 6.45) is 5.67. The number of aromatic nitrogens is 3. The predicted octanol–water partition coefficient (Wildman–Crippen LogP) is 12.9. The van der Waals surface area contributed by atoms with Crippen molar-refractivity contribution in [3.63, 3.8) is 0 Å². The number of furan rings is 2. The number of hydrogen-bond donors (Lipinski definition) is 0. The SMILES string of the molecule is CC(C)Cc1ccnc(-c2[c-]ccc3c2oc2c(C(C)C)nc(Cc4ccccc4)cc23)c1.C[Si](C)(C)c1ccc(-c2[c-]ccc3c2oc2cc(F)ccc23)nc1.[Ir]. The molecule has 0 unspecified atom stereocenters. The number of nitrogens with zero attached hydrogens (tertiary/aromatic N) is 3. The molecule has 4 aromatic carbocycles. The summed E-state index contributed by atoms with van der Waals surface area (Å²) in [6.45, 7) is 15.7. The average Bonchev–Trinajstić information content (AvgIpc) is 3.76. The quantitative estimate of drug-likeness (QED) is 0.112. The first kappa shape index (κ1) is 40.9. The number of rotatable bonds is 8. The van der Waals surface area contributed by atoms with E-state index in [9.17, 15) is 4.39 Å². The standard InChI is InChI=1S/C30H29N2O.C20H17FNOSi.Ir/c1-19(2)15-22-13-14-31-27(17-22)25-12-8-11-24-26-18-23(16-21-9-6-5-7-10-21)32-28(20(3)4)30(26)33-29(24)25;1-24(2,3)14-8-10-18(22-12-14)17-6-4-5-16-15-9-7-13(21)11-19(15)23-20(16)17;/h5-11,13-14,17-20H,15-16H2,1-4H3;4-5,7-12H,1-3H3;/q2*-1;. The summed E-state index contributed by atoms with van der Waals surface area (Å²) in [6, 6.07) is 40.2. The average molecular weight is 960 g/mol. The van der Waals surface area contributed by atoms with Gasteiger partial charge in [0.1, 0.15) is 17.0 Å². The van der Waals surface area contributed by atoms with Gasteiger partial charge in [-0.3, -0.25) is 4.98 Å². The van der Waals surface area contributed by atoms with Crippen LogP contribution in [0, 0.1) is 23.9 Å². The molecule has 0 atom stereocenters. The minimum absolute atomic E-state index is 0. The molecule has 9 aromatic rings. The molecule has 0 saturated heterocycles. The van der Waals surface area contributed by atoms with E-state index in [4.69, 9.17) is 13.8 Å². The van der Waals surface area contributed by atoms with E-state index in [0.717, 1.165) is 79.5 Å². The Morgan fingerprint density at radius 2 is 1.38 bits per heavy atom. The molecular weight excluding hydrogens is 914 g/mol. The van der Waals surface area contributed by atoms with Crippen molar-refractivity contribution in [2.75, 3.05) is 0 Å². The smallest absolute Gasteiger partial charge is 0.142 e. The predicted molar refractivity (Wildman–Crippen MR) is 234 cm³/mol. The van der Waals surface area contributed by atoms with Crippen LogP contribution in [-0.2, 0) is 32.9 Å². The van der Waals surface area contributed by atoms with Gasteiger partial charge in [0.2, 0.25) is 0 Å². The maximum atomic E-state index is 13.5. The minimum atomic E-state index is -1.38. The molecule has 0 saturated carbocycles. The molecule has 0 aliphatic heterocycles. The molecule has 8 heteroatoms. The summed E-state index contributed by atoms with van der Waals surface area (Å²) >= 11 is 0. The van der Waals surface area contributed by atoms with Crippen LogP contribution in [0.15, 0.2) is 124 Å². The van der Waals surface area contributed by atoms with Gasteiger partial charge in [-0.2, -0.15) is 0 Å². The Kier molecular flexibility index (Phi) is 11.9. The molecule has 5 nitrogen and oxygen atoms in total. The van der Waals surface area contributed by atoms with Gasteiger partial charge in [-0.05, 0) is 64.7 Å². The van der Waals surface area contributed by atoms with Crippen LogP contribution >= 0.6 is 0 Å². The third-order valence-electron chi connectivity index (χ3n) is 10.3. The van der Waals surface area contributed by atoms with Crippen molar-refractivity contribution in [2.45, 2.75) is 66.1 Å². The Labute approximate surface area is 354 Å². The van der Waals surface area contributed by atoms with Crippen LogP contribution in [0.5, 0.6) is 0 Å². The van der Waals surface area contributed by atoms with E-state index >= 15 is 0 Å². The second kappa shape index (κ2) is 16.9. The monoisotopic (exact) mass is 960 g/mol. The number of benzene rings is 4. The summed E-state index contributed by atoms with van der Waals surface area (Å²) in [5.74, 6) is 0.544. The van der Waals surface area contributed by atoms with Gasteiger partial charge in [-0.1, -0.05) is 123 Å². The van der Waals surface area contributed by atoms with Crippen molar-refractivity contribution in [3.8, 4) is 22.5 Å². The molecule has 0 bridgehead atoms. The number of pyridine rings is 3. The third kappa shape index (κ3) is 8.47. The van der Waals surface area contributed by atoms with Crippen LogP contribution in [0.1, 0.15) is 56.1 Å². The second-order valence-electron chi connectivity index (χ2n) is 16.6. The molecule has 0 amide bonds. The summed E-state index contributed by atoms with van der Waals surface area (Å²) in [7, 11) is -1.38. The normalized spacial score (nSPS) is 11.8. The second-order valence-corrected chi connectivity index (χ2v) is 21.6. The summed E-state index contributed by atoms with van der Waals surface area (Å²) in [5.41, 5.74) is 11.0. The van der Waals surface area contributed by atoms with Crippen LogP contribution in [0.4, 0.5) is 4.39 Å². The van der Waals surface area contributed by atoms with Crippen molar-refractivity contribution < 1.29 is 33.3 Å². The topological polar surface area (TPSA) is 65.0 Å². The number of fused-ring (bicyclic) bond motifs is 6. The molecule has 295 valence electrons. The molecule has 58 heavy (non-hydrogen) atoms. The van der Waals surface area contributed by atoms with Crippen molar-refractivity contribution >= 4 is 57.1 Å². The first-order valence-electron chi connectivity index (χ1n) is 19.7. The van der Waals surface area contributed by atoms with Crippen LogP contribution in [0.3, 0.4) is 0 Å². The van der Waals surface area contributed by atoms with Gasteiger partial charge in [0, 0.05) is 61.5 Å². The van der Waals surface area contributed by atoms with Gasteiger partial charge in [-0.25, -0.2) is 4.39 Å². The van der Waals surface area contributed by atoms with E-state index < -0.39 is 8.07 Å². The van der Waals surface area contributed by atoms with Gasteiger partial charge >= 0.3 is 0 Å². The number of hydrogen-bond acceptors (Lipinski definition) is 5. The molecule has 0 aliphatic carbocycles.